The molecule has 1 heterocycles. The van der Waals surface area contributed by atoms with Crippen molar-refractivity contribution in [2.75, 3.05) is 5.32 Å². The summed E-state index contributed by atoms with van der Waals surface area (Å²) in [6, 6.07) is 7.41. The van der Waals surface area contributed by atoms with Gasteiger partial charge in [-0.25, -0.2) is 0 Å². The van der Waals surface area contributed by atoms with Crippen molar-refractivity contribution in [2.45, 2.75) is 20.4 Å². The van der Waals surface area contributed by atoms with E-state index in [9.17, 15) is 4.79 Å². The minimum Gasteiger partial charge on any atom is -0.342 e. The largest absolute Gasteiger partial charge is 0.342 e. The molecule has 1 N–H and O–H groups in total. The van der Waals surface area contributed by atoms with Crippen molar-refractivity contribution < 1.29 is 4.79 Å². The topological polar surface area (TPSA) is 34.0 Å². The van der Waals surface area contributed by atoms with Gasteiger partial charge in [-0.3, -0.25) is 4.79 Å². The van der Waals surface area contributed by atoms with Gasteiger partial charge in [0, 0.05) is 17.2 Å². The first-order valence-electron chi connectivity index (χ1n) is 5.95. The summed E-state index contributed by atoms with van der Waals surface area (Å²) in [4.78, 5) is 12.3. The van der Waals surface area contributed by atoms with Crippen LogP contribution < -0.4 is 5.32 Å². The van der Waals surface area contributed by atoms with Crippen LogP contribution in [0.1, 0.15) is 23.0 Å². The van der Waals surface area contributed by atoms with Gasteiger partial charge in [-0.2, -0.15) is 0 Å². The van der Waals surface area contributed by atoms with Gasteiger partial charge in [0.2, 0.25) is 0 Å². The van der Waals surface area contributed by atoms with Crippen molar-refractivity contribution in [3.63, 3.8) is 0 Å². The molecular formula is C14H14BrClN2O. The van der Waals surface area contributed by atoms with Gasteiger partial charge in [-0.05, 0) is 47.5 Å². The SMILES string of the molecule is CCn1cc(Cl)cc1C(=O)Nc1cccc(C)c1Br. The van der Waals surface area contributed by atoms with E-state index in [1.54, 1.807) is 12.3 Å². The van der Waals surface area contributed by atoms with Gasteiger partial charge in [0.05, 0.1) is 10.7 Å². The van der Waals surface area contributed by atoms with Gasteiger partial charge in [0.1, 0.15) is 5.69 Å². The first kappa shape index (κ1) is 14.2. The minimum absolute atomic E-state index is 0.167. The Morgan fingerprint density at radius 3 is 2.89 bits per heavy atom. The summed E-state index contributed by atoms with van der Waals surface area (Å²) in [6.07, 6.45) is 1.75. The Morgan fingerprint density at radius 2 is 2.21 bits per heavy atom. The third-order valence-corrected chi connectivity index (χ3v) is 4.14. The van der Waals surface area contributed by atoms with Gasteiger partial charge in [-0.1, -0.05) is 23.7 Å². The minimum atomic E-state index is -0.167. The van der Waals surface area contributed by atoms with Crippen molar-refractivity contribution in [1.82, 2.24) is 4.57 Å². The van der Waals surface area contributed by atoms with Crippen LogP contribution >= 0.6 is 27.5 Å². The van der Waals surface area contributed by atoms with Crippen LogP contribution in [0.5, 0.6) is 0 Å². The number of hydrogen-bond donors (Lipinski definition) is 1. The maximum Gasteiger partial charge on any atom is 0.272 e. The van der Waals surface area contributed by atoms with Crippen molar-refractivity contribution in [2.24, 2.45) is 0 Å². The van der Waals surface area contributed by atoms with E-state index in [1.807, 2.05) is 36.6 Å². The number of rotatable bonds is 3. The third kappa shape index (κ3) is 3.01. The van der Waals surface area contributed by atoms with Crippen LogP contribution in [-0.4, -0.2) is 10.5 Å². The monoisotopic (exact) mass is 340 g/mol. The molecule has 0 aliphatic carbocycles. The second-order valence-corrected chi connectivity index (χ2v) is 5.45. The molecule has 0 radical (unpaired) electrons. The Morgan fingerprint density at radius 1 is 1.47 bits per heavy atom. The van der Waals surface area contributed by atoms with E-state index in [1.165, 1.54) is 0 Å². The quantitative estimate of drug-likeness (QED) is 0.877. The van der Waals surface area contributed by atoms with E-state index in [0.29, 0.717) is 17.3 Å². The standard InChI is InChI=1S/C14H14BrClN2O/c1-3-18-8-10(16)7-12(18)14(19)17-11-6-4-5-9(2)13(11)15/h4-8H,3H2,1-2H3,(H,17,19). The summed E-state index contributed by atoms with van der Waals surface area (Å²) < 4.78 is 2.71. The van der Waals surface area contributed by atoms with Crippen LogP contribution in [0.15, 0.2) is 34.9 Å². The molecule has 0 aliphatic rings. The second-order valence-electron chi connectivity index (χ2n) is 4.22. The fourth-order valence-electron chi connectivity index (χ4n) is 1.86. The molecule has 1 aromatic heterocycles. The number of halogens is 2. The summed E-state index contributed by atoms with van der Waals surface area (Å²) in [6.45, 7) is 4.64. The first-order chi connectivity index (χ1) is 9.02. The Hall–Kier alpha value is -1.26. The number of amides is 1. The molecule has 1 aromatic carbocycles. The molecule has 1 amide bonds. The fraction of sp³-hybridized carbons (Fsp3) is 0.214. The van der Waals surface area contributed by atoms with Crippen LogP contribution in [0.25, 0.3) is 0 Å². The zero-order valence-corrected chi connectivity index (χ0v) is 13.0. The molecule has 0 spiro atoms. The molecule has 0 atom stereocenters. The zero-order valence-electron chi connectivity index (χ0n) is 10.7. The van der Waals surface area contributed by atoms with Crippen molar-refractivity contribution in [3.05, 3.63) is 51.2 Å². The average Bonchev–Trinajstić information content (AvgIpc) is 2.76. The van der Waals surface area contributed by atoms with Crippen LogP contribution in [0.3, 0.4) is 0 Å². The number of benzene rings is 1. The number of carbonyl (C=O) groups is 1. The Kier molecular flexibility index (Phi) is 4.32. The highest BCUT2D eigenvalue weighted by Crippen LogP contribution is 2.26. The highest BCUT2D eigenvalue weighted by molar-refractivity contribution is 9.10. The number of hydrogen-bond acceptors (Lipinski definition) is 1. The predicted molar refractivity (Wildman–Crippen MR) is 81.9 cm³/mol. The fourth-order valence-corrected chi connectivity index (χ4v) is 2.44. The number of nitrogens with one attached hydrogen (secondary N) is 1. The summed E-state index contributed by atoms with van der Waals surface area (Å²) in [5.41, 5.74) is 2.38. The predicted octanol–water partition coefficient (Wildman–Crippen LogP) is 4.48. The Balaban J connectivity index is 2.28. The molecule has 2 rings (SSSR count). The smallest absolute Gasteiger partial charge is 0.272 e. The number of aryl methyl sites for hydroxylation is 2. The number of nitrogens with zero attached hydrogens (tertiary/aromatic N) is 1. The molecule has 0 saturated heterocycles. The van der Waals surface area contributed by atoms with Crippen molar-refractivity contribution >= 4 is 39.1 Å². The summed E-state index contributed by atoms with van der Waals surface area (Å²) in [5.74, 6) is -0.167. The van der Waals surface area contributed by atoms with Crippen molar-refractivity contribution in [3.8, 4) is 0 Å². The zero-order chi connectivity index (χ0) is 14.0. The normalized spacial score (nSPS) is 10.5. The van der Waals surface area contributed by atoms with E-state index in [-0.39, 0.29) is 5.91 Å². The highest BCUT2D eigenvalue weighted by Gasteiger charge is 2.14. The molecule has 2 aromatic rings. The molecular weight excluding hydrogens is 328 g/mol. The van der Waals surface area contributed by atoms with Gasteiger partial charge in [0.15, 0.2) is 0 Å². The molecule has 0 fully saturated rings. The highest BCUT2D eigenvalue weighted by atomic mass is 79.9. The summed E-state index contributed by atoms with van der Waals surface area (Å²) >= 11 is 9.41. The molecule has 0 aliphatic heterocycles. The lowest BCUT2D eigenvalue weighted by Crippen LogP contribution is -2.16. The molecule has 0 unspecified atom stereocenters. The van der Waals surface area contributed by atoms with Gasteiger partial charge in [0.25, 0.3) is 5.91 Å². The summed E-state index contributed by atoms with van der Waals surface area (Å²) in [5, 5.41) is 3.46. The van der Waals surface area contributed by atoms with Crippen LogP contribution in [0, 0.1) is 6.92 Å². The van der Waals surface area contributed by atoms with E-state index in [4.69, 9.17) is 11.6 Å². The second kappa shape index (κ2) is 5.80. The molecule has 0 saturated carbocycles. The van der Waals surface area contributed by atoms with Crippen LogP contribution in [0.2, 0.25) is 5.02 Å². The maximum absolute atomic E-state index is 12.3. The lowest BCUT2D eigenvalue weighted by molar-refractivity contribution is 0.101. The lowest BCUT2D eigenvalue weighted by Gasteiger charge is -2.10. The van der Waals surface area contributed by atoms with Crippen LogP contribution in [-0.2, 0) is 6.54 Å². The Bertz CT molecular complexity index is 622. The molecule has 5 heteroatoms. The van der Waals surface area contributed by atoms with Crippen molar-refractivity contribution in [1.29, 1.82) is 0 Å². The molecule has 3 nitrogen and oxygen atoms in total. The molecule has 100 valence electrons. The van der Waals surface area contributed by atoms with Gasteiger partial charge < -0.3 is 9.88 Å². The van der Waals surface area contributed by atoms with Gasteiger partial charge in [-0.15, -0.1) is 0 Å². The Labute approximate surface area is 125 Å². The molecule has 0 bridgehead atoms. The number of aromatic nitrogens is 1. The average molecular weight is 342 g/mol. The first-order valence-corrected chi connectivity index (χ1v) is 7.12. The number of carbonyl (C=O) groups excluding carboxylic acids is 1. The van der Waals surface area contributed by atoms with E-state index >= 15 is 0 Å². The van der Waals surface area contributed by atoms with Crippen LogP contribution in [0.4, 0.5) is 5.69 Å². The lowest BCUT2D eigenvalue weighted by atomic mass is 10.2. The number of anilines is 1. The maximum atomic E-state index is 12.3. The van der Waals surface area contributed by atoms with Gasteiger partial charge >= 0.3 is 0 Å². The molecule has 19 heavy (non-hydrogen) atoms. The summed E-state index contributed by atoms with van der Waals surface area (Å²) in [7, 11) is 0. The van der Waals surface area contributed by atoms with E-state index in [2.05, 4.69) is 21.2 Å². The van der Waals surface area contributed by atoms with E-state index < -0.39 is 0 Å². The van der Waals surface area contributed by atoms with E-state index in [0.717, 1.165) is 15.7 Å². The third-order valence-electron chi connectivity index (χ3n) is 2.88.